The maximum atomic E-state index is 11.9. The van der Waals surface area contributed by atoms with Crippen LogP contribution < -0.4 is 5.32 Å². The van der Waals surface area contributed by atoms with Crippen molar-refractivity contribution in [1.29, 1.82) is 0 Å². The van der Waals surface area contributed by atoms with Crippen LogP contribution in [-0.4, -0.2) is 5.91 Å². The molecule has 2 aromatic rings. The van der Waals surface area contributed by atoms with Crippen molar-refractivity contribution in [3.63, 3.8) is 0 Å². The van der Waals surface area contributed by atoms with E-state index in [9.17, 15) is 4.79 Å². The van der Waals surface area contributed by atoms with Crippen molar-refractivity contribution in [2.45, 2.75) is 13.8 Å². The van der Waals surface area contributed by atoms with E-state index in [1.807, 2.05) is 32.0 Å². The number of hydrogen-bond donors (Lipinski definition) is 1. The van der Waals surface area contributed by atoms with Crippen LogP contribution in [0.1, 0.15) is 20.8 Å². The summed E-state index contributed by atoms with van der Waals surface area (Å²) in [6.45, 7) is 4.00. The highest BCUT2D eigenvalue weighted by molar-refractivity contribution is 7.18. The third kappa shape index (κ3) is 2.87. The first kappa shape index (κ1) is 12.1. The Kier molecular flexibility index (Phi) is 3.50. The van der Waals surface area contributed by atoms with Crippen molar-refractivity contribution in [2.75, 3.05) is 5.32 Å². The highest BCUT2D eigenvalue weighted by Gasteiger charge is 2.09. The Morgan fingerprint density at radius 2 is 2.00 bits per heavy atom. The highest BCUT2D eigenvalue weighted by Crippen LogP contribution is 2.23. The van der Waals surface area contributed by atoms with E-state index in [4.69, 9.17) is 11.6 Å². The number of rotatable bonds is 2. The van der Waals surface area contributed by atoms with Gasteiger partial charge in [0.05, 0.1) is 9.21 Å². The van der Waals surface area contributed by atoms with Crippen LogP contribution in [0.15, 0.2) is 30.3 Å². The van der Waals surface area contributed by atoms with Crippen molar-refractivity contribution in [2.24, 2.45) is 0 Å². The smallest absolute Gasteiger partial charge is 0.265 e. The summed E-state index contributed by atoms with van der Waals surface area (Å²) in [6.07, 6.45) is 0. The number of carbonyl (C=O) groups excluding carboxylic acids is 1. The van der Waals surface area contributed by atoms with E-state index in [0.29, 0.717) is 9.21 Å². The molecule has 0 aliphatic heterocycles. The van der Waals surface area contributed by atoms with Crippen molar-refractivity contribution < 1.29 is 4.79 Å². The molecule has 2 rings (SSSR count). The minimum atomic E-state index is -0.117. The zero-order valence-electron chi connectivity index (χ0n) is 9.58. The van der Waals surface area contributed by atoms with Gasteiger partial charge in [0.15, 0.2) is 0 Å². The molecule has 0 radical (unpaired) electrons. The van der Waals surface area contributed by atoms with Crippen LogP contribution in [0, 0.1) is 13.8 Å². The Bertz CT molecular complexity index is 562. The molecule has 1 amide bonds. The quantitative estimate of drug-likeness (QED) is 0.863. The number of anilines is 1. The van der Waals surface area contributed by atoms with Gasteiger partial charge < -0.3 is 5.32 Å². The van der Waals surface area contributed by atoms with Crippen LogP contribution in [0.25, 0.3) is 0 Å². The largest absolute Gasteiger partial charge is 0.321 e. The third-order valence-corrected chi connectivity index (χ3v) is 3.66. The standard InChI is InChI=1S/C13H12ClNOS/c1-8-3-4-10(9(2)7-8)15-13(16)11-5-6-12(14)17-11/h3-7H,1-2H3,(H,15,16). The summed E-state index contributed by atoms with van der Waals surface area (Å²) in [7, 11) is 0. The first-order valence-corrected chi connectivity index (χ1v) is 6.39. The zero-order valence-corrected chi connectivity index (χ0v) is 11.2. The Labute approximate surface area is 109 Å². The molecule has 0 aliphatic rings. The topological polar surface area (TPSA) is 29.1 Å². The van der Waals surface area contributed by atoms with Gasteiger partial charge in [0.2, 0.25) is 0 Å². The minimum absolute atomic E-state index is 0.117. The molecule has 0 aliphatic carbocycles. The predicted octanol–water partition coefficient (Wildman–Crippen LogP) is 4.27. The second-order valence-electron chi connectivity index (χ2n) is 3.88. The molecule has 0 saturated heterocycles. The molecule has 0 unspecified atom stereocenters. The molecule has 0 bridgehead atoms. The van der Waals surface area contributed by atoms with E-state index in [0.717, 1.165) is 11.3 Å². The van der Waals surface area contributed by atoms with E-state index in [-0.39, 0.29) is 5.91 Å². The summed E-state index contributed by atoms with van der Waals surface area (Å²) >= 11 is 7.08. The Balaban J connectivity index is 2.18. The summed E-state index contributed by atoms with van der Waals surface area (Å²) in [6, 6.07) is 9.38. The van der Waals surface area contributed by atoms with E-state index < -0.39 is 0 Å². The van der Waals surface area contributed by atoms with Gasteiger partial charge in [0, 0.05) is 5.69 Å². The number of hydrogen-bond acceptors (Lipinski definition) is 2. The molecule has 4 heteroatoms. The lowest BCUT2D eigenvalue weighted by atomic mass is 10.1. The third-order valence-electron chi connectivity index (χ3n) is 2.43. The van der Waals surface area contributed by atoms with E-state index in [2.05, 4.69) is 5.32 Å². The second-order valence-corrected chi connectivity index (χ2v) is 5.59. The van der Waals surface area contributed by atoms with Gasteiger partial charge in [0.25, 0.3) is 5.91 Å². The van der Waals surface area contributed by atoms with Gasteiger partial charge in [-0.05, 0) is 37.6 Å². The van der Waals surface area contributed by atoms with Crippen molar-refractivity contribution >= 4 is 34.5 Å². The Morgan fingerprint density at radius 3 is 2.59 bits per heavy atom. The van der Waals surface area contributed by atoms with E-state index in [1.165, 1.54) is 16.9 Å². The van der Waals surface area contributed by atoms with Crippen molar-refractivity contribution in [3.05, 3.63) is 50.7 Å². The van der Waals surface area contributed by atoms with Crippen molar-refractivity contribution in [3.8, 4) is 0 Å². The van der Waals surface area contributed by atoms with Gasteiger partial charge in [-0.15, -0.1) is 11.3 Å². The average molecular weight is 266 g/mol. The van der Waals surface area contributed by atoms with E-state index >= 15 is 0 Å². The summed E-state index contributed by atoms with van der Waals surface area (Å²) < 4.78 is 0.621. The molecule has 2 nitrogen and oxygen atoms in total. The number of aryl methyl sites for hydroxylation is 2. The lowest BCUT2D eigenvalue weighted by Crippen LogP contribution is -2.11. The van der Waals surface area contributed by atoms with Crippen LogP contribution in [0.5, 0.6) is 0 Å². The Hall–Kier alpha value is -1.32. The SMILES string of the molecule is Cc1ccc(NC(=O)c2ccc(Cl)s2)c(C)c1. The lowest BCUT2D eigenvalue weighted by molar-refractivity contribution is 0.103. The molecule has 0 fully saturated rings. The monoisotopic (exact) mass is 265 g/mol. The molecule has 88 valence electrons. The summed E-state index contributed by atoms with van der Waals surface area (Å²) in [4.78, 5) is 12.5. The zero-order chi connectivity index (χ0) is 12.4. The summed E-state index contributed by atoms with van der Waals surface area (Å²) in [5.74, 6) is -0.117. The predicted molar refractivity (Wildman–Crippen MR) is 73.2 cm³/mol. The number of benzene rings is 1. The first-order chi connectivity index (χ1) is 8.06. The number of carbonyl (C=O) groups is 1. The van der Waals surface area contributed by atoms with Crippen molar-refractivity contribution in [1.82, 2.24) is 0 Å². The lowest BCUT2D eigenvalue weighted by Gasteiger charge is -2.07. The van der Waals surface area contributed by atoms with E-state index in [1.54, 1.807) is 12.1 Å². The fraction of sp³-hybridized carbons (Fsp3) is 0.154. The number of thiophene rings is 1. The molecular formula is C13H12ClNOS. The van der Waals surface area contributed by atoms with Gasteiger partial charge in [-0.2, -0.15) is 0 Å². The maximum Gasteiger partial charge on any atom is 0.265 e. The van der Waals surface area contributed by atoms with Gasteiger partial charge in [-0.1, -0.05) is 29.3 Å². The second kappa shape index (κ2) is 4.90. The summed E-state index contributed by atoms with van der Waals surface area (Å²) in [5.41, 5.74) is 3.07. The van der Waals surface area contributed by atoms with Crippen LogP contribution in [-0.2, 0) is 0 Å². The van der Waals surface area contributed by atoms with Crippen LogP contribution in [0.4, 0.5) is 5.69 Å². The van der Waals surface area contributed by atoms with Crippen LogP contribution in [0.2, 0.25) is 4.34 Å². The fourth-order valence-electron chi connectivity index (χ4n) is 1.57. The number of amides is 1. The molecule has 17 heavy (non-hydrogen) atoms. The van der Waals surface area contributed by atoms with Gasteiger partial charge in [-0.3, -0.25) is 4.79 Å². The first-order valence-electron chi connectivity index (χ1n) is 5.20. The van der Waals surface area contributed by atoms with Gasteiger partial charge >= 0.3 is 0 Å². The van der Waals surface area contributed by atoms with Gasteiger partial charge in [-0.25, -0.2) is 0 Å². The highest BCUT2D eigenvalue weighted by atomic mass is 35.5. The average Bonchev–Trinajstić information content (AvgIpc) is 2.69. The normalized spacial score (nSPS) is 10.3. The number of halogens is 1. The molecule has 0 spiro atoms. The molecule has 0 saturated carbocycles. The molecule has 1 aromatic heterocycles. The molecule has 1 aromatic carbocycles. The van der Waals surface area contributed by atoms with Crippen LogP contribution in [0.3, 0.4) is 0 Å². The number of nitrogens with one attached hydrogen (secondary N) is 1. The van der Waals surface area contributed by atoms with Crippen LogP contribution >= 0.6 is 22.9 Å². The molecule has 1 N–H and O–H groups in total. The van der Waals surface area contributed by atoms with Gasteiger partial charge in [0.1, 0.15) is 0 Å². The Morgan fingerprint density at radius 1 is 1.24 bits per heavy atom. The maximum absolute atomic E-state index is 11.9. The summed E-state index contributed by atoms with van der Waals surface area (Å²) in [5, 5.41) is 2.88. The fourth-order valence-corrected chi connectivity index (χ4v) is 2.51. The molecule has 0 atom stereocenters. The molecule has 1 heterocycles. The minimum Gasteiger partial charge on any atom is -0.321 e. The molecular weight excluding hydrogens is 254 g/mol.